The number of aromatic nitrogens is 2. The number of likely N-dealkylation sites (tertiary alicyclic amines) is 1. The molecule has 0 radical (unpaired) electrons. The van der Waals surface area contributed by atoms with Gasteiger partial charge in [-0.2, -0.15) is 5.10 Å². The second kappa shape index (κ2) is 6.60. The fraction of sp³-hybridized carbons (Fsp3) is 0.556. The van der Waals surface area contributed by atoms with Crippen molar-refractivity contribution in [2.75, 3.05) is 6.54 Å². The lowest BCUT2D eigenvalue weighted by molar-refractivity contribution is -0.136. The van der Waals surface area contributed by atoms with Crippen LogP contribution in [-0.2, 0) is 11.3 Å². The average molecular weight is 315 g/mol. The molecule has 0 bridgehead atoms. The highest BCUT2D eigenvalue weighted by atomic mass is 16.3. The summed E-state index contributed by atoms with van der Waals surface area (Å²) in [6, 6.07) is 4.05. The number of carbonyl (C=O) groups is 1. The van der Waals surface area contributed by atoms with Crippen LogP contribution in [0.15, 0.2) is 28.9 Å². The predicted octanol–water partition coefficient (Wildman–Crippen LogP) is 3.48. The third-order valence-corrected chi connectivity index (χ3v) is 4.59. The number of nitrogens with zero attached hydrogens (tertiary/aromatic N) is 3. The second-order valence-corrected chi connectivity index (χ2v) is 6.71. The molecule has 23 heavy (non-hydrogen) atoms. The van der Waals surface area contributed by atoms with E-state index in [0.29, 0.717) is 18.9 Å². The molecule has 1 amide bonds. The molecule has 2 aromatic heterocycles. The van der Waals surface area contributed by atoms with Crippen LogP contribution in [0.2, 0.25) is 0 Å². The smallest absolute Gasteiger partial charge is 0.225 e. The van der Waals surface area contributed by atoms with Gasteiger partial charge in [0.15, 0.2) is 0 Å². The lowest BCUT2D eigenvalue weighted by Crippen LogP contribution is -2.40. The first kappa shape index (κ1) is 15.8. The van der Waals surface area contributed by atoms with Crippen molar-refractivity contribution in [3.63, 3.8) is 0 Å². The van der Waals surface area contributed by atoms with Gasteiger partial charge in [0.05, 0.1) is 12.2 Å². The van der Waals surface area contributed by atoms with Gasteiger partial charge in [0, 0.05) is 25.7 Å². The van der Waals surface area contributed by atoms with Crippen molar-refractivity contribution >= 4 is 5.91 Å². The number of piperidine rings is 1. The Labute approximate surface area is 137 Å². The zero-order valence-corrected chi connectivity index (χ0v) is 14.2. The van der Waals surface area contributed by atoms with Crippen molar-refractivity contribution < 1.29 is 9.21 Å². The largest absolute Gasteiger partial charge is 0.464 e. The van der Waals surface area contributed by atoms with Crippen LogP contribution in [0, 0.1) is 19.8 Å². The van der Waals surface area contributed by atoms with Crippen LogP contribution in [-0.4, -0.2) is 27.1 Å². The van der Waals surface area contributed by atoms with Crippen molar-refractivity contribution in [3.8, 4) is 0 Å². The van der Waals surface area contributed by atoms with E-state index in [2.05, 4.69) is 12.0 Å². The van der Waals surface area contributed by atoms with Crippen LogP contribution in [0.5, 0.6) is 0 Å². The highest BCUT2D eigenvalue weighted by molar-refractivity contribution is 5.76. The maximum atomic E-state index is 12.7. The molecule has 3 rings (SSSR count). The van der Waals surface area contributed by atoms with Crippen molar-refractivity contribution in [1.29, 1.82) is 0 Å². The zero-order chi connectivity index (χ0) is 16.4. The first-order chi connectivity index (χ1) is 11.0. The molecular weight excluding hydrogens is 290 g/mol. The minimum Gasteiger partial charge on any atom is -0.464 e. The van der Waals surface area contributed by atoms with Crippen LogP contribution >= 0.6 is 0 Å². The van der Waals surface area contributed by atoms with Crippen LogP contribution in [0.1, 0.15) is 49.3 Å². The Morgan fingerprint density at radius 1 is 1.39 bits per heavy atom. The van der Waals surface area contributed by atoms with Gasteiger partial charge in [-0.05, 0) is 50.3 Å². The number of rotatable bonds is 4. The van der Waals surface area contributed by atoms with Crippen molar-refractivity contribution in [1.82, 2.24) is 14.7 Å². The van der Waals surface area contributed by atoms with E-state index in [4.69, 9.17) is 4.42 Å². The third-order valence-electron chi connectivity index (χ3n) is 4.59. The average Bonchev–Trinajstić information content (AvgIpc) is 3.13. The maximum absolute atomic E-state index is 12.7. The summed E-state index contributed by atoms with van der Waals surface area (Å²) < 4.78 is 7.65. The van der Waals surface area contributed by atoms with E-state index in [1.165, 1.54) is 0 Å². The molecule has 3 heterocycles. The van der Waals surface area contributed by atoms with E-state index in [-0.39, 0.29) is 11.9 Å². The molecule has 0 unspecified atom stereocenters. The molecule has 1 saturated heterocycles. The van der Waals surface area contributed by atoms with Gasteiger partial charge in [-0.25, -0.2) is 0 Å². The number of amides is 1. The molecule has 5 nitrogen and oxygen atoms in total. The summed E-state index contributed by atoms with van der Waals surface area (Å²) in [5.41, 5.74) is 1.12. The quantitative estimate of drug-likeness (QED) is 0.868. The molecule has 0 aromatic carbocycles. The monoisotopic (exact) mass is 315 g/mol. The highest BCUT2D eigenvalue weighted by Crippen LogP contribution is 2.35. The van der Waals surface area contributed by atoms with Gasteiger partial charge in [0.1, 0.15) is 11.5 Å². The molecule has 0 N–H and O–H groups in total. The molecular formula is C18H25N3O2. The van der Waals surface area contributed by atoms with Gasteiger partial charge < -0.3 is 9.32 Å². The van der Waals surface area contributed by atoms with E-state index < -0.39 is 0 Å². The van der Waals surface area contributed by atoms with Crippen LogP contribution in [0.4, 0.5) is 0 Å². The van der Waals surface area contributed by atoms with E-state index >= 15 is 0 Å². The molecule has 1 aliphatic heterocycles. The molecule has 0 aliphatic carbocycles. The standard InChI is InChI=1S/C18H25N3O2/c1-13-6-9-21(16(10-13)17-5-4-15(3)23-17)18(22)7-8-20-12-14(2)11-19-20/h4-5,11-13,16H,6-10H2,1-3H3/t13-,16-/m1/s1. The molecule has 5 heteroatoms. The van der Waals surface area contributed by atoms with Gasteiger partial charge in [-0.3, -0.25) is 9.48 Å². The lowest BCUT2D eigenvalue weighted by Gasteiger charge is -2.37. The Morgan fingerprint density at radius 2 is 2.22 bits per heavy atom. The summed E-state index contributed by atoms with van der Waals surface area (Å²) >= 11 is 0. The minimum atomic E-state index is 0.0688. The van der Waals surface area contributed by atoms with Crippen LogP contribution in [0.3, 0.4) is 0 Å². The fourth-order valence-corrected chi connectivity index (χ4v) is 3.29. The Hall–Kier alpha value is -2.04. The van der Waals surface area contributed by atoms with Gasteiger partial charge in [0.25, 0.3) is 0 Å². The number of hydrogen-bond donors (Lipinski definition) is 0. The molecule has 0 spiro atoms. The predicted molar refractivity (Wildman–Crippen MR) is 87.9 cm³/mol. The van der Waals surface area contributed by atoms with Crippen molar-refractivity contribution in [3.05, 3.63) is 41.6 Å². The number of aryl methyl sites for hydroxylation is 3. The van der Waals surface area contributed by atoms with E-state index in [1.54, 1.807) is 0 Å². The molecule has 2 atom stereocenters. The maximum Gasteiger partial charge on any atom is 0.225 e. The zero-order valence-electron chi connectivity index (χ0n) is 14.2. The Kier molecular flexibility index (Phi) is 4.55. The minimum absolute atomic E-state index is 0.0688. The number of hydrogen-bond acceptors (Lipinski definition) is 3. The second-order valence-electron chi connectivity index (χ2n) is 6.71. The molecule has 124 valence electrons. The molecule has 2 aromatic rings. The van der Waals surface area contributed by atoms with Gasteiger partial charge >= 0.3 is 0 Å². The SMILES string of the molecule is Cc1cnn(CCC(=O)N2CC[C@@H](C)C[C@@H]2c2ccc(C)o2)c1. The van der Waals surface area contributed by atoms with Gasteiger partial charge in [-0.1, -0.05) is 6.92 Å². The normalized spacial score (nSPS) is 21.6. The summed E-state index contributed by atoms with van der Waals surface area (Å²) in [6.07, 6.45) is 6.30. The lowest BCUT2D eigenvalue weighted by atomic mass is 9.91. The van der Waals surface area contributed by atoms with Gasteiger partial charge in [0.2, 0.25) is 5.91 Å². The summed E-state index contributed by atoms with van der Waals surface area (Å²) in [6.45, 7) is 7.64. The Bertz CT molecular complexity index is 673. The van der Waals surface area contributed by atoms with Crippen molar-refractivity contribution in [2.45, 2.75) is 52.6 Å². The van der Waals surface area contributed by atoms with Gasteiger partial charge in [-0.15, -0.1) is 0 Å². The summed E-state index contributed by atoms with van der Waals surface area (Å²) in [4.78, 5) is 14.7. The first-order valence-corrected chi connectivity index (χ1v) is 8.38. The fourth-order valence-electron chi connectivity index (χ4n) is 3.29. The van der Waals surface area contributed by atoms with E-state index in [9.17, 15) is 4.79 Å². The summed E-state index contributed by atoms with van der Waals surface area (Å²) in [5.74, 6) is 2.61. The first-order valence-electron chi connectivity index (χ1n) is 8.38. The molecule has 1 aliphatic rings. The number of carbonyl (C=O) groups excluding carboxylic acids is 1. The van der Waals surface area contributed by atoms with E-state index in [1.807, 2.05) is 48.0 Å². The summed E-state index contributed by atoms with van der Waals surface area (Å²) in [5, 5.41) is 4.25. The molecule has 0 saturated carbocycles. The Morgan fingerprint density at radius 3 is 2.87 bits per heavy atom. The van der Waals surface area contributed by atoms with E-state index in [0.717, 1.165) is 36.5 Å². The molecule has 1 fully saturated rings. The van der Waals surface area contributed by atoms with Crippen LogP contribution < -0.4 is 0 Å². The van der Waals surface area contributed by atoms with Crippen molar-refractivity contribution in [2.24, 2.45) is 5.92 Å². The number of furan rings is 1. The Balaban J connectivity index is 1.68. The summed E-state index contributed by atoms with van der Waals surface area (Å²) in [7, 11) is 0. The van der Waals surface area contributed by atoms with Crippen LogP contribution in [0.25, 0.3) is 0 Å². The highest BCUT2D eigenvalue weighted by Gasteiger charge is 2.32. The third kappa shape index (κ3) is 3.66. The topological polar surface area (TPSA) is 51.3 Å².